The number of likely N-dealkylation sites (N-methyl/N-ethyl adjacent to an activating group) is 7. The Bertz CT molecular complexity index is 2480. The third-order valence-electron chi connectivity index (χ3n) is 17.6. The van der Waals surface area contributed by atoms with Gasteiger partial charge in [0.2, 0.25) is 65.0 Å². The molecule has 1 rings (SSSR count). The van der Waals surface area contributed by atoms with Crippen molar-refractivity contribution in [2.45, 2.75) is 255 Å². The molecule has 1 heterocycles. The maximum absolute atomic E-state index is 15.3. The molecule has 92 heavy (non-hydrogen) atoms. The van der Waals surface area contributed by atoms with E-state index in [1.165, 1.54) is 104 Å². The highest BCUT2D eigenvalue weighted by Crippen LogP contribution is 2.27. The summed E-state index contributed by atoms with van der Waals surface area (Å²) in [4.78, 5) is 172. The first-order valence-electron chi connectivity index (χ1n) is 33.6. The normalized spacial score (nSPS) is 26.6. The van der Waals surface area contributed by atoms with Crippen molar-refractivity contribution in [1.29, 1.82) is 0 Å². The van der Waals surface area contributed by atoms with Crippen molar-refractivity contribution in [2.24, 2.45) is 41.4 Å². The van der Waals surface area contributed by atoms with Crippen molar-refractivity contribution < 1.29 is 57.8 Å². The molecular weight excluding hydrogens is 1190 g/mol. The van der Waals surface area contributed by atoms with E-state index in [0.717, 1.165) is 24.2 Å². The molecule has 0 spiro atoms. The fourth-order valence-corrected chi connectivity index (χ4v) is 12.8. The molecular formula is C68H123N11O12S. The second-order valence-electron chi connectivity index (χ2n) is 28.1. The predicted molar refractivity (Wildman–Crippen MR) is 364 cm³/mol. The zero-order chi connectivity index (χ0) is 71.1. The van der Waals surface area contributed by atoms with Gasteiger partial charge < -0.3 is 60.7 Å². The van der Waals surface area contributed by atoms with Crippen molar-refractivity contribution in [1.82, 2.24) is 55.6 Å². The van der Waals surface area contributed by atoms with Crippen LogP contribution in [-0.2, 0) is 52.7 Å². The van der Waals surface area contributed by atoms with Crippen LogP contribution in [0.4, 0.5) is 0 Å². The molecule has 1 aliphatic rings. The van der Waals surface area contributed by atoms with Crippen LogP contribution in [0.3, 0.4) is 0 Å². The minimum atomic E-state index is -1.62. The van der Waals surface area contributed by atoms with Gasteiger partial charge in [0.1, 0.15) is 66.5 Å². The van der Waals surface area contributed by atoms with E-state index in [1.807, 2.05) is 68.4 Å². The van der Waals surface area contributed by atoms with Crippen molar-refractivity contribution in [3.05, 3.63) is 12.2 Å². The number of amides is 11. The molecule has 0 bridgehead atoms. The highest BCUT2D eigenvalue weighted by Gasteiger charge is 2.46. The summed E-state index contributed by atoms with van der Waals surface area (Å²) in [6.45, 7) is 32.2. The number of allylic oxidation sites excluding steroid dienone is 2. The molecule has 0 aromatic heterocycles. The summed E-state index contributed by atoms with van der Waals surface area (Å²) in [6.07, 6.45) is 5.76. The predicted octanol–water partition coefficient (Wildman–Crippen LogP) is 5.56. The van der Waals surface area contributed by atoms with E-state index in [2.05, 4.69) is 28.2 Å². The smallest absolute Gasteiger partial charge is 0.246 e. The number of hydrogen-bond donors (Lipinski definition) is 5. The number of rotatable bonds is 21. The van der Waals surface area contributed by atoms with Gasteiger partial charge in [-0.05, 0) is 113 Å². The summed E-state index contributed by atoms with van der Waals surface area (Å²) >= 11 is 1.47. The molecule has 13 atom stereocenters. The average Bonchev–Trinajstić information content (AvgIpc) is 0.813. The SMILES string of the molecule is CC=CC[C@@H](C)[C@@H](O)[C@@H]1C(=O)N[C@H](CC)C(=O)N(C)[C@H](CSCCCCC)C(=O)N(C)[C@@H](CC(C)C)C(=O)N[C@H](C(C)C)C(=O)N(C)[C@H](CC(C)C)C(=O)N[C@H](C)C(=O)N[C@@H](C)C(=O)N(C)[C@H](CC(C)C)C(=O)N(C)[C@H](CC(C)C)C(=O)N(C)[C@H](C(C)C)C(=O)N1C. The van der Waals surface area contributed by atoms with Crippen LogP contribution in [-0.4, -0.2) is 238 Å². The van der Waals surface area contributed by atoms with Crippen LogP contribution in [0, 0.1) is 41.4 Å². The van der Waals surface area contributed by atoms with Crippen molar-refractivity contribution in [2.75, 3.05) is 60.8 Å². The number of carbonyl (C=O) groups is 11. The largest absolute Gasteiger partial charge is 0.390 e. The first-order chi connectivity index (χ1) is 42.7. The summed E-state index contributed by atoms with van der Waals surface area (Å²) in [7, 11) is 10.1. The Hall–Kier alpha value is -5.78. The lowest BCUT2D eigenvalue weighted by Crippen LogP contribution is -2.64. The number of carbonyl (C=O) groups excluding carboxylic acids is 11. The Labute approximate surface area is 557 Å². The molecule has 0 aromatic carbocycles. The summed E-state index contributed by atoms with van der Waals surface area (Å²) < 4.78 is 0. The Morgan fingerprint density at radius 1 is 0.446 bits per heavy atom. The lowest BCUT2D eigenvalue weighted by Gasteiger charge is -2.41. The van der Waals surface area contributed by atoms with E-state index in [1.54, 1.807) is 47.6 Å². The number of aliphatic hydroxyl groups excluding tert-OH is 1. The summed E-state index contributed by atoms with van der Waals surface area (Å²) in [5.74, 6) is -8.85. The van der Waals surface area contributed by atoms with E-state index >= 15 is 28.8 Å². The van der Waals surface area contributed by atoms with Gasteiger partial charge in [0, 0.05) is 55.1 Å². The molecule has 1 aliphatic heterocycles. The summed E-state index contributed by atoms with van der Waals surface area (Å²) in [5, 5.41) is 23.5. The second kappa shape index (κ2) is 39.8. The van der Waals surface area contributed by atoms with E-state index < -0.39 is 155 Å². The Morgan fingerprint density at radius 2 is 0.859 bits per heavy atom. The van der Waals surface area contributed by atoms with E-state index in [-0.39, 0.29) is 61.5 Å². The quantitative estimate of drug-likeness (QED) is 0.0696. The third-order valence-corrected chi connectivity index (χ3v) is 18.7. The lowest BCUT2D eigenvalue weighted by atomic mass is 9.91. The molecule has 1 fully saturated rings. The fraction of sp³-hybridized carbons (Fsp3) is 0.809. The summed E-state index contributed by atoms with van der Waals surface area (Å²) in [6, 6.07) is -13.6. The van der Waals surface area contributed by atoms with Gasteiger partial charge in [-0.2, -0.15) is 11.8 Å². The number of hydrogen-bond acceptors (Lipinski definition) is 13. The minimum Gasteiger partial charge on any atom is -0.390 e. The molecule has 528 valence electrons. The third kappa shape index (κ3) is 24.2. The van der Waals surface area contributed by atoms with Crippen molar-refractivity contribution >= 4 is 76.7 Å². The zero-order valence-electron chi connectivity index (χ0n) is 60.9. The highest BCUT2D eigenvalue weighted by atomic mass is 32.2. The molecule has 0 unspecified atom stereocenters. The molecule has 0 saturated carbocycles. The maximum atomic E-state index is 15.3. The Morgan fingerprint density at radius 3 is 1.32 bits per heavy atom. The molecule has 0 aliphatic carbocycles. The topological polar surface area (TPSA) is 279 Å². The summed E-state index contributed by atoms with van der Waals surface area (Å²) in [5.41, 5.74) is 0. The van der Waals surface area contributed by atoms with E-state index in [0.29, 0.717) is 12.2 Å². The van der Waals surface area contributed by atoms with Crippen molar-refractivity contribution in [3.63, 3.8) is 0 Å². The molecule has 11 amide bonds. The van der Waals surface area contributed by atoms with Gasteiger partial charge in [-0.1, -0.05) is 129 Å². The molecule has 23 nitrogen and oxygen atoms in total. The standard InChI is InChI=1S/C68H123N11O12S/c1-26-29-31-33-92-38-53-66(89)73(19)50(35-40(6)7)60(83)72-54(43(12)13)67(90)74(20)49(34-39(4)5)59(82)69-46(17)58(81)70-47(18)62(85)75(21)51(36-41(8)9)64(87)76(22)52(37-42(10)11)65(88)78(24)55(44(14)15)68(91)79(25)56(57(80)45(16)32-30-27-2)61(84)71-48(28-3)63(86)77(53)23/h27,30,39-57,80H,26,28-29,31-38H2,1-25H3,(H,69,82)(H,70,81)(H,71,84)(H,72,83)/t45-,46-,47+,48-,49-,50+,51-,52-,53-,54-,55-,56-,57-/m1/s1. The number of aliphatic hydroxyl groups is 1. The Balaban J connectivity index is 4.52. The first-order valence-corrected chi connectivity index (χ1v) is 34.8. The van der Waals surface area contributed by atoms with Gasteiger partial charge in [-0.25, -0.2) is 0 Å². The van der Waals surface area contributed by atoms with Crippen LogP contribution in [0.1, 0.15) is 182 Å². The van der Waals surface area contributed by atoms with Gasteiger partial charge >= 0.3 is 0 Å². The lowest BCUT2D eigenvalue weighted by molar-refractivity contribution is -0.157. The number of unbranched alkanes of at least 4 members (excludes halogenated alkanes) is 2. The van der Waals surface area contributed by atoms with Crippen molar-refractivity contribution in [3.8, 4) is 0 Å². The maximum Gasteiger partial charge on any atom is 0.246 e. The number of nitrogens with zero attached hydrogens (tertiary/aromatic N) is 7. The molecule has 1 saturated heterocycles. The van der Waals surface area contributed by atoms with Gasteiger partial charge in [0.15, 0.2) is 0 Å². The highest BCUT2D eigenvalue weighted by molar-refractivity contribution is 7.99. The van der Waals surface area contributed by atoms with Crippen LogP contribution in [0.25, 0.3) is 0 Å². The first kappa shape index (κ1) is 84.2. The van der Waals surface area contributed by atoms with Gasteiger partial charge in [0.25, 0.3) is 0 Å². The molecule has 24 heteroatoms. The van der Waals surface area contributed by atoms with Crippen LogP contribution >= 0.6 is 11.8 Å². The van der Waals surface area contributed by atoms with Gasteiger partial charge in [-0.3, -0.25) is 52.7 Å². The van der Waals surface area contributed by atoms with E-state index in [4.69, 9.17) is 0 Å². The molecule has 5 N–H and O–H groups in total. The minimum absolute atomic E-state index is 0.0193. The van der Waals surface area contributed by atoms with Gasteiger partial charge in [0.05, 0.1) is 6.10 Å². The fourth-order valence-electron chi connectivity index (χ4n) is 11.6. The van der Waals surface area contributed by atoms with E-state index in [9.17, 15) is 29.1 Å². The molecule has 0 aromatic rings. The van der Waals surface area contributed by atoms with Crippen LogP contribution in [0.5, 0.6) is 0 Å². The van der Waals surface area contributed by atoms with Crippen LogP contribution in [0.2, 0.25) is 0 Å². The second-order valence-corrected chi connectivity index (χ2v) is 29.2. The van der Waals surface area contributed by atoms with Gasteiger partial charge in [-0.15, -0.1) is 0 Å². The molecule has 0 radical (unpaired) electrons. The monoisotopic (exact) mass is 1320 g/mol. The Kier molecular flexibility index (Phi) is 36.4. The van der Waals surface area contributed by atoms with Crippen LogP contribution in [0.15, 0.2) is 12.2 Å². The van der Waals surface area contributed by atoms with Crippen LogP contribution < -0.4 is 21.3 Å². The number of nitrogens with one attached hydrogen (secondary N) is 4. The zero-order valence-corrected chi connectivity index (χ0v) is 61.7. The number of thioether (sulfide) groups is 1. The average molecular weight is 1320 g/mol.